The lowest BCUT2D eigenvalue weighted by Crippen LogP contribution is -2.34. The molecule has 2 aromatic carbocycles. The van der Waals surface area contributed by atoms with Crippen molar-refractivity contribution >= 4 is 17.3 Å². The zero-order chi connectivity index (χ0) is 20.3. The molecule has 1 aliphatic carbocycles. The van der Waals surface area contributed by atoms with Crippen molar-refractivity contribution in [3.63, 3.8) is 0 Å². The van der Waals surface area contributed by atoms with Crippen molar-refractivity contribution in [1.82, 2.24) is 0 Å². The van der Waals surface area contributed by atoms with E-state index in [-0.39, 0.29) is 5.92 Å². The maximum Gasteiger partial charge on any atom is 0.429 e. The summed E-state index contributed by atoms with van der Waals surface area (Å²) in [6.45, 7) is 0. The summed E-state index contributed by atoms with van der Waals surface area (Å²) in [5, 5.41) is 8.29. The molecule has 1 aliphatic rings. The Balaban J connectivity index is 1.77. The van der Waals surface area contributed by atoms with Crippen LogP contribution in [0.15, 0.2) is 48.5 Å². The molecule has 0 spiro atoms. The molecule has 0 radical (unpaired) electrons. The Morgan fingerprint density at radius 1 is 1.00 bits per heavy atom. The topological polar surface area (TPSA) is 33.1 Å². The van der Waals surface area contributed by atoms with E-state index in [1.165, 1.54) is 5.56 Å². The fourth-order valence-electron chi connectivity index (χ4n) is 4.18. The van der Waals surface area contributed by atoms with Gasteiger partial charge in [0.2, 0.25) is 0 Å². The van der Waals surface area contributed by atoms with Crippen molar-refractivity contribution in [2.45, 2.75) is 43.7 Å². The second kappa shape index (κ2) is 8.56. The van der Waals surface area contributed by atoms with Gasteiger partial charge in [-0.05, 0) is 72.9 Å². The van der Waals surface area contributed by atoms with E-state index in [2.05, 4.69) is 0 Å². The van der Waals surface area contributed by atoms with Gasteiger partial charge >= 0.3 is 6.18 Å². The molecule has 1 fully saturated rings. The SMILES string of the molecule is COc1ccc(C2CCC(C(C(=N)C(F)(F)F)c3ccc(Cl)cc3)CC2)cc1. The number of hydrogen-bond donors (Lipinski definition) is 1. The minimum atomic E-state index is -4.63. The number of alkyl halides is 3. The van der Waals surface area contributed by atoms with Crippen molar-refractivity contribution in [2.24, 2.45) is 5.92 Å². The average molecular weight is 410 g/mol. The highest BCUT2D eigenvalue weighted by atomic mass is 35.5. The summed E-state index contributed by atoms with van der Waals surface area (Å²) in [7, 11) is 1.62. The first-order chi connectivity index (χ1) is 13.3. The Labute approximate surface area is 168 Å². The molecule has 0 saturated heterocycles. The predicted molar refractivity (Wildman–Crippen MR) is 106 cm³/mol. The van der Waals surface area contributed by atoms with E-state index in [4.69, 9.17) is 21.7 Å². The van der Waals surface area contributed by atoms with Crippen molar-refractivity contribution in [1.29, 1.82) is 5.41 Å². The van der Waals surface area contributed by atoms with E-state index < -0.39 is 17.8 Å². The minimum Gasteiger partial charge on any atom is -0.497 e. The van der Waals surface area contributed by atoms with Crippen LogP contribution in [0.1, 0.15) is 48.6 Å². The van der Waals surface area contributed by atoms with E-state index in [1.54, 1.807) is 31.4 Å². The Morgan fingerprint density at radius 2 is 1.57 bits per heavy atom. The van der Waals surface area contributed by atoms with Crippen molar-refractivity contribution in [3.05, 3.63) is 64.7 Å². The molecule has 2 aromatic rings. The molecule has 1 atom stereocenters. The maximum atomic E-state index is 13.4. The average Bonchev–Trinajstić information content (AvgIpc) is 2.69. The zero-order valence-electron chi connectivity index (χ0n) is 15.6. The Hall–Kier alpha value is -2.01. The quantitative estimate of drug-likeness (QED) is 0.530. The lowest BCUT2D eigenvalue weighted by atomic mass is 9.70. The van der Waals surface area contributed by atoms with Gasteiger partial charge in [-0.15, -0.1) is 0 Å². The van der Waals surface area contributed by atoms with Crippen LogP contribution in [0, 0.1) is 11.3 Å². The fourth-order valence-corrected chi connectivity index (χ4v) is 4.31. The standard InChI is InChI=1S/C22H23ClF3NO/c1-28-19-12-8-15(9-13-19)14-2-4-16(5-3-14)20(21(27)22(24,25)26)17-6-10-18(23)11-7-17/h6-14,16,20,27H,2-5H2,1H3. The molecule has 2 nitrogen and oxygen atoms in total. The monoisotopic (exact) mass is 409 g/mol. The molecule has 0 aliphatic heterocycles. The van der Waals surface area contributed by atoms with Gasteiger partial charge in [0, 0.05) is 10.9 Å². The van der Waals surface area contributed by atoms with E-state index in [9.17, 15) is 13.2 Å². The van der Waals surface area contributed by atoms with Crippen LogP contribution >= 0.6 is 11.6 Å². The molecule has 1 N–H and O–H groups in total. The summed E-state index contributed by atoms with van der Waals surface area (Å²) in [6, 6.07) is 14.3. The van der Waals surface area contributed by atoms with Crippen LogP contribution in [0.3, 0.4) is 0 Å². The van der Waals surface area contributed by atoms with Crippen LogP contribution in [0.5, 0.6) is 5.75 Å². The van der Waals surface area contributed by atoms with Gasteiger partial charge in [0.1, 0.15) is 11.5 Å². The molecule has 0 amide bonds. The minimum absolute atomic E-state index is 0.204. The summed E-state index contributed by atoms with van der Waals surface area (Å²) in [5.41, 5.74) is 0.538. The summed E-state index contributed by atoms with van der Waals surface area (Å²) in [6.07, 6.45) is -1.69. The highest BCUT2D eigenvalue weighted by Crippen LogP contribution is 2.44. The molecule has 0 heterocycles. The van der Waals surface area contributed by atoms with E-state index in [0.29, 0.717) is 29.3 Å². The third kappa shape index (κ3) is 4.69. The van der Waals surface area contributed by atoms with Gasteiger partial charge in [-0.2, -0.15) is 13.2 Å². The van der Waals surface area contributed by atoms with Gasteiger partial charge in [0.25, 0.3) is 0 Å². The molecule has 0 aromatic heterocycles. The van der Waals surface area contributed by atoms with Crippen LogP contribution in [0.4, 0.5) is 13.2 Å². The number of rotatable bonds is 5. The Morgan fingerprint density at radius 3 is 2.07 bits per heavy atom. The first kappa shape index (κ1) is 20.7. The second-order valence-electron chi connectivity index (χ2n) is 7.33. The molecule has 3 rings (SSSR count). The van der Waals surface area contributed by atoms with Gasteiger partial charge in [0.05, 0.1) is 7.11 Å². The largest absolute Gasteiger partial charge is 0.497 e. The summed E-state index contributed by atoms with van der Waals surface area (Å²) >= 11 is 5.90. The third-order valence-electron chi connectivity index (χ3n) is 5.68. The lowest BCUT2D eigenvalue weighted by molar-refractivity contribution is -0.0634. The fraction of sp³-hybridized carbons (Fsp3) is 0.409. The molecule has 6 heteroatoms. The van der Waals surface area contributed by atoms with Crippen LogP contribution in [-0.4, -0.2) is 19.0 Å². The first-order valence-electron chi connectivity index (χ1n) is 9.34. The second-order valence-corrected chi connectivity index (χ2v) is 7.76. The number of halogens is 4. The van der Waals surface area contributed by atoms with Crippen LogP contribution in [-0.2, 0) is 0 Å². The molecule has 1 unspecified atom stereocenters. The van der Waals surface area contributed by atoms with Crippen LogP contribution in [0.2, 0.25) is 5.02 Å². The molecule has 0 bridgehead atoms. The van der Waals surface area contributed by atoms with E-state index >= 15 is 0 Å². The van der Waals surface area contributed by atoms with Crippen LogP contribution < -0.4 is 4.74 Å². The number of ether oxygens (including phenoxy) is 1. The summed E-state index contributed by atoms with van der Waals surface area (Å²) < 4.78 is 45.3. The zero-order valence-corrected chi connectivity index (χ0v) is 16.4. The Kier molecular flexibility index (Phi) is 6.33. The highest BCUT2D eigenvalue weighted by Gasteiger charge is 2.43. The summed E-state index contributed by atoms with van der Waals surface area (Å²) in [4.78, 5) is 0. The van der Waals surface area contributed by atoms with Gasteiger partial charge in [0.15, 0.2) is 0 Å². The summed E-state index contributed by atoms with van der Waals surface area (Å²) in [5.74, 6) is -0.0363. The highest BCUT2D eigenvalue weighted by molar-refractivity contribution is 6.30. The van der Waals surface area contributed by atoms with Gasteiger partial charge < -0.3 is 4.74 Å². The lowest BCUT2D eigenvalue weighted by Gasteiger charge is -2.35. The molecule has 150 valence electrons. The molecular formula is C22H23ClF3NO. The van der Waals surface area contributed by atoms with Crippen molar-refractivity contribution in [2.75, 3.05) is 7.11 Å². The van der Waals surface area contributed by atoms with Crippen LogP contribution in [0.25, 0.3) is 0 Å². The van der Waals surface area contributed by atoms with Crippen molar-refractivity contribution in [3.8, 4) is 5.75 Å². The maximum absolute atomic E-state index is 13.4. The number of hydrogen-bond acceptors (Lipinski definition) is 2. The Bertz CT molecular complexity index is 794. The van der Waals surface area contributed by atoms with Gasteiger partial charge in [-0.25, -0.2) is 0 Å². The van der Waals surface area contributed by atoms with Gasteiger partial charge in [-0.3, -0.25) is 5.41 Å². The smallest absolute Gasteiger partial charge is 0.429 e. The van der Waals surface area contributed by atoms with Gasteiger partial charge in [-0.1, -0.05) is 35.9 Å². The first-order valence-corrected chi connectivity index (χ1v) is 9.72. The predicted octanol–water partition coefficient (Wildman–Crippen LogP) is 6.99. The molecular weight excluding hydrogens is 387 g/mol. The molecule has 28 heavy (non-hydrogen) atoms. The van der Waals surface area contributed by atoms with Crippen molar-refractivity contribution < 1.29 is 17.9 Å². The van der Waals surface area contributed by atoms with E-state index in [1.807, 2.05) is 24.3 Å². The number of methoxy groups -OCH3 is 1. The van der Waals surface area contributed by atoms with E-state index in [0.717, 1.165) is 18.6 Å². The third-order valence-corrected chi connectivity index (χ3v) is 5.93. The number of benzene rings is 2. The normalized spacial score (nSPS) is 21.2. The number of nitrogens with one attached hydrogen (secondary N) is 1. The molecule has 1 saturated carbocycles.